The molecule has 7 N–H and O–H groups in total. The first-order chi connectivity index (χ1) is 7.64. The Morgan fingerprint density at radius 1 is 1.06 bits per heavy atom. The molecule has 0 aromatic heterocycles. The Labute approximate surface area is 100 Å². The first-order valence-electron chi connectivity index (χ1n) is 5.29. The quantitative estimate of drug-likeness (QED) is 0.430. The van der Waals surface area contributed by atoms with Gasteiger partial charge in [0, 0.05) is 0 Å². The van der Waals surface area contributed by atoms with Crippen molar-refractivity contribution in [3.63, 3.8) is 0 Å². The van der Waals surface area contributed by atoms with Crippen LogP contribution in [0, 0.1) is 5.92 Å². The van der Waals surface area contributed by atoms with E-state index >= 15 is 0 Å². The minimum atomic E-state index is -1.18. The van der Waals surface area contributed by atoms with E-state index < -0.39 is 30.1 Å². The molecule has 7 heteroatoms. The molecule has 0 aliphatic rings. The zero-order valence-corrected chi connectivity index (χ0v) is 10.3. The van der Waals surface area contributed by atoms with Gasteiger partial charge in [-0.25, -0.2) is 0 Å². The average Bonchev–Trinajstić information content (AvgIpc) is 2.26. The van der Waals surface area contributed by atoms with Crippen molar-refractivity contribution in [3.8, 4) is 0 Å². The summed E-state index contributed by atoms with van der Waals surface area (Å²) in [4.78, 5) is 20.0. The van der Waals surface area contributed by atoms with Crippen LogP contribution in [-0.2, 0) is 9.59 Å². The van der Waals surface area contributed by atoms with Crippen molar-refractivity contribution in [2.75, 3.05) is 0 Å². The number of aliphatic carboxylic acids is 2. The fraction of sp³-hybridized carbons (Fsp3) is 0.800. The molecule has 0 aliphatic carbocycles. The van der Waals surface area contributed by atoms with Crippen LogP contribution in [0.1, 0.15) is 27.2 Å². The van der Waals surface area contributed by atoms with E-state index in [2.05, 4.69) is 0 Å². The Kier molecular flexibility index (Phi) is 9.54. The van der Waals surface area contributed by atoms with Crippen molar-refractivity contribution in [1.29, 1.82) is 0 Å². The van der Waals surface area contributed by atoms with Crippen LogP contribution in [0.15, 0.2) is 0 Å². The number of carboxylic acids is 2. The maximum atomic E-state index is 10.2. The maximum absolute atomic E-state index is 10.2. The van der Waals surface area contributed by atoms with Crippen LogP contribution in [-0.4, -0.2) is 45.4 Å². The van der Waals surface area contributed by atoms with Crippen LogP contribution < -0.4 is 11.5 Å². The van der Waals surface area contributed by atoms with Crippen LogP contribution in [0.25, 0.3) is 0 Å². The van der Waals surface area contributed by atoms with Gasteiger partial charge in [-0.05, 0) is 12.8 Å². The minimum Gasteiger partial charge on any atom is -0.480 e. The number of carbonyl (C=O) groups is 2. The summed E-state index contributed by atoms with van der Waals surface area (Å²) in [5, 5.41) is 24.9. The molecule has 0 aromatic carbocycles. The van der Waals surface area contributed by atoms with Crippen molar-refractivity contribution in [2.45, 2.75) is 45.4 Å². The Bertz CT molecular complexity index is 245. The molecule has 7 nitrogen and oxygen atoms in total. The Morgan fingerprint density at radius 2 is 1.41 bits per heavy atom. The molecule has 0 saturated carbocycles. The fourth-order valence-corrected chi connectivity index (χ4v) is 0.704. The van der Waals surface area contributed by atoms with Gasteiger partial charge >= 0.3 is 11.9 Å². The van der Waals surface area contributed by atoms with E-state index in [1.807, 2.05) is 13.8 Å². The number of rotatable bonds is 5. The zero-order valence-electron chi connectivity index (χ0n) is 10.3. The second kappa shape index (κ2) is 8.91. The molecule has 2 unspecified atom stereocenters. The van der Waals surface area contributed by atoms with Crippen molar-refractivity contribution in [3.05, 3.63) is 0 Å². The second-order valence-corrected chi connectivity index (χ2v) is 3.85. The van der Waals surface area contributed by atoms with Gasteiger partial charge in [0.2, 0.25) is 0 Å². The molecule has 0 spiro atoms. The number of aliphatic hydroxyl groups is 1. The van der Waals surface area contributed by atoms with Gasteiger partial charge in [-0.1, -0.05) is 20.3 Å². The topological polar surface area (TPSA) is 147 Å². The van der Waals surface area contributed by atoms with Crippen molar-refractivity contribution in [2.24, 2.45) is 17.4 Å². The molecule has 0 heterocycles. The lowest BCUT2D eigenvalue weighted by Gasteiger charge is -2.11. The number of hydrogen-bond acceptors (Lipinski definition) is 5. The predicted octanol–water partition coefficient (Wildman–Crippen LogP) is -0.776. The summed E-state index contributed by atoms with van der Waals surface area (Å²) in [6, 6.07) is -1.86. The Hall–Kier alpha value is -1.18. The third-order valence-corrected chi connectivity index (χ3v) is 2.35. The van der Waals surface area contributed by atoms with E-state index in [0.29, 0.717) is 0 Å². The lowest BCUT2D eigenvalue weighted by Crippen LogP contribution is -2.39. The summed E-state index contributed by atoms with van der Waals surface area (Å²) in [6.07, 6.45) is -0.166. The molecule has 0 aliphatic heterocycles. The monoisotopic (exact) mass is 250 g/mol. The number of nitrogens with two attached hydrogens (primary N) is 2. The molecule has 0 fully saturated rings. The van der Waals surface area contributed by atoms with Gasteiger partial charge in [-0.2, -0.15) is 0 Å². The van der Waals surface area contributed by atoms with E-state index in [-0.39, 0.29) is 5.92 Å². The van der Waals surface area contributed by atoms with Crippen molar-refractivity contribution in [1.82, 2.24) is 0 Å². The summed E-state index contributed by atoms with van der Waals surface area (Å²) >= 11 is 0. The molecule has 0 amide bonds. The zero-order chi connectivity index (χ0) is 14.2. The molecule has 0 radical (unpaired) electrons. The first kappa shape index (κ1) is 18.2. The highest BCUT2D eigenvalue weighted by Crippen LogP contribution is 2.04. The van der Waals surface area contributed by atoms with Gasteiger partial charge < -0.3 is 26.8 Å². The van der Waals surface area contributed by atoms with Crippen LogP contribution in [0.4, 0.5) is 0 Å². The Morgan fingerprint density at radius 3 is 1.47 bits per heavy atom. The molecule has 17 heavy (non-hydrogen) atoms. The average molecular weight is 250 g/mol. The number of carboxylic acid groups (broad SMARTS) is 2. The van der Waals surface area contributed by atoms with Crippen LogP contribution >= 0.6 is 0 Å². The maximum Gasteiger partial charge on any atom is 0.323 e. The third-order valence-electron chi connectivity index (χ3n) is 2.35. The van der Waals surface area contributed by atoms with E-state index in [9.17, 15) is 9.59 Å². The van der Waals surface area contributed by atoms with E-state index in [1.165, 1.54) is 6.92 Å². The molecular formula is C10H22N2O5. The molecule has 0 aromatic rings. The highest BCUT2D eigenvalue weighted by Gasteiger charge is 2.17. The van der Waals surface area contributed by atoms with Crippen molar-refractivity contribution < 1.29 is 24.9 Å². The van der Waals surface area contributed by atoms with Crippen LogP contribution in [0.2, 0.25) is 0 Å². The van der Waals surface area contributed by atoms with Crippen LogP contribution in [0.3, 0.4) is 0 Å². The van der Waals surface area contributed by atoms with Gasteiger partial charge in [-0.15, -0.1) is 0 Å². The molecule has 4 atom stereocenters. The normalized spacial score (nSPS) is 17.1. The molecule has 102 valence electrons. The summed E-state index contributed by atoms with van der Waals surface area (Å²) in [5.41, 5.74) is 10.2. The molecular weight excluding hydrogens is 228 g/mol. The summed E-state index contributed by atoms with van der Waals surface area (Å²) in [6.45, 7) is 5.09. The SMILES string of the molecule is CC(O)[C@H](N)C(=O)O.CCC(C)[C@H](N)C(=O)O. The Balaban J connectivity index is 0. The number of hydrogen-bond donors (Lipinski definition) is 5. The van der Waals surface area contributed by atoms with E-state index in [1.54, 1.807) is 0 Å². The van der Waals surface area contributed by atoms with Gasteiger partial charge in [-0.3, -0.25) is 9.59 Å². The van der Waals surface area contributed by atoms with E-state index in [0.717, 1.165) is 6.42 Å². The van der Waals surface area contributed by atoms with Gasteiger partial charge in [0.15, 0.2) is 0 Å². The van der Waals surface area contributed by atoms with Gasteiger partial charge in [0.1, 0.15) is 12.1 Å². The van der Waals surface area contributed by atoms with Gasteiger partial charge in [0.25, 0.3) is 0 Å². The van der Waals surface area contributed by atoms with E-state index in [4.69, 9.17) is 26.8 Å². The largest absolute Gasteiger partial charge is 0.480 e. The summed E-state index contributed by atoms with van der Waals surface area (Å²) in [5.74, 6) is -2.02. The standard InChI is InChI=1S/C6H13NO2.C4H9NO3/c1-3-4(2)5(7)6(8)9;1-2(6)3(5)4(7)8/h4-5H,3,7H2,1-2H3,(H,8,9);2-3,6H,5H2,1H3,(H,7,8)/t4?,5-;2?,3-/m00/s1. The molecule has 0 rings (SSSR count). The van der Waals surface area contributed by atoms with Gasteiger partial charge in [0.05, 0.1) is 6.10 Å². The number of aliphatic hydroxyl groups excluding tert-OH is 1. The molecule has 0 saturated heterocycles. The lowest BCUT2D eigenvalue weighted by atomic mass is 10.0. The third kappa shape index (κ3) is 8.61. The highest BCUT2D eigenvalue weighted by molar-refractivity contribution is 5.73. The first-order valence-corrected chi connectivity index (χ1v) is 5.29. The van der Waals surface area contributed by atoms with Crippen molar-refractivity contribution >= 4 is 11.9 Å². The highest BCUT2D eigenvalue weighted by atomic mass is 16.4. The predicted molar refractivity (Wildman–Crippen MR) is 62.4 cm³/mol. The minimum absolute atomic E-state index is 0.0718. The fourth-order valence-electron chi connectivity index (χ4n) is 0.704. The molecule has 0 bridgehead atoms. The summed E-state index contributed by atoms with van der Waals surface area (Å²) in [7, 11) is 0. The smallest absolute Gasteiger partial charge is 0.323 e. The lowest BCUT2D eigenvalue weighted by molar-refractivity contribution is -0.141. The summed E-state index contributed by atoms with van der Waals surface area (Å²) < 4.78 is 0. The second-order valence-electron chi connectivity index (χ2n) is 3.85. The van der Waals surface area contributed by atoms with Crippen LogP contribution in [0.5, 0.6) is 0 Å².